The summed E-state index contributed by atoms with van der Waals surface area (Å²) in [6, 6.07) is 10.6. The summed E-state index contributed by atoms with van der Waals surface area (Å²) in [4.78, 5) is 2.15. The summed E-state index contributed by atoms with van der Waals surface area (Å²) in [5, 5.41) is 3.40. The van der Waals surface area contributed by atoms with Crippen molar-refractivity contribution in [2.45, 2.75) is 25.9 Å². The Labute approximate surface area is 118 Å². The lowest BCUT2D eigenvalue weighted by Gasteiger charge is -2.26. The summed E-state index contributed by atoms with van der Waals surface area (Å²) in [6.45, 7) is 8.00. The van der Waals surface area contributed by atoms with Gasteiger partial charge in [0, 0.05) is 19.0 Å². The molecule has 0 radical (unpaired) electrons. The third-order valence-electron chi connectivity index (χ3n) is 3.35. The number of hydrogen-bond acceptors (Lipinski definition) is 3. The standard InChI is InChI=1S/C16H28N2O/c1-5-17-13-16(19-12-11-18(3)4)14(2)15-9-7-6-8-10-15/h6-10,14,16-17H,5,11-13H2,1-4H3. The summed E-state index contributed by atoms with van der Waals surface area (Å²) in [7, 11) is 4.15. The highest BCUT2D eigenvalue weighted by Gasteiger charge is 2.19. The molecule has 0 aliphatic carbocycles. The molecule has 0 heterocycles. The molecular formula is C16H28N2O. The molecule has 3 nitrogen and oxygen atoms in total. The molecule has 1 N–H and O–H groups in total. The highest BCUT2D eigenvalue weighted by atomic mass is 16.5. The number of hydrogen-bond donors (Lipinski definition) is 1. The van der Waals surface area contributed by atoms with Gasteiger partial charge in [0.25, 0.3) is 0 Å². The fourth-order valence-electron chi connectivity index (χ4n) is 2.02. The minimum Gasteiger partial charge on any atom is -0.375 e. The zero-order valence-electron chi connectivity index (χ0n) is 12.7. The van der Waals surface area contributed by atoms with E-state index < -0.39 is 0 Å². The van der Waals surface area contributed by atoms with Crippen LogP contribution in [-0.4, -0.2) is 51.3 Å². The van der Waals surface area contributed by atoms with Crippen LogP contribution < -0.4 is 5.32 Å². The first kappa shape index (κ1) is 16.2. The van der Waals surface area contributed by atoms with Gasteiger partial charge in [0.15, 0.2) is 0 Å². The van der Waals surface area contributed by atoms with E-state index in [1.54, 1.807) is 0 Å². The smallest absolute Gasteiger partial charge is 0.0765 e. The maximum absolute atomic E-state index is 6.07. The van der Waals surface area contributed by atoms with Crippen molar-refractivity contribution in [3.8, 4) is 0 Å². The fraction of sp³-hybridized carbons (Fsp3) is 0.625. The minimum absolute atomic E-state index is 0.224. The van der Waals surface area contributed by atoms with Gasteiger partial charge in [-0.3, -0.25) is 0 Å². The van der Waals surface area contributed by atoms with E-state index in [1.165, 1.54) is 5.56 Å². The van der Waals surface area contributed by atoms with Crippen molar-refractivity contribution in [2.75, 3.05) is 40.3 Å². The zero-order valence-corrected chi connectivity index (χ0v) is 12.7. The van der Waals surface area contributed by atoms with Crippen molar-refractivity contribution in [1.29, 1.82) is 0 Å². The third kappa shape index (κ3) is 6.19. The van der Waals surface area contributed by atoms with Gasteiger partial charge in [-0.25, -0.2) is 0 Å². The van der Waals surface area contributed by atoms with Crippen molar-refractivity contribution in [1.82, 2.24) is 10.2 Å². The maximum Gasteiger partial charge on any atom is 0.0765 e. The van der Waals surface area contributed by atoms with Gasteiger partial charge >= 0.3 is 0 Å². The van der Waals surface area contributed by atoms with Gasteiger partial charge in [0.1, 0.15) is 0 Å². The second-order valence-electron chi connectivity index (χ2n) is 5.22. The number of rotatable bonds is 9. The van der Waals surface area contributed by atoms with Crippen LogP contribution in [0.2, 0.25) is 0 Å². The minimum atomic E-state index is 0.224. The maximum atomic E-state index is 6.07. The van der Waals surface area contributed by atoms with Crippen molar-refractivity contribution in [2.24, 2.45) is 0 Å². The van der Waals surface area contributed by atoms with Crippen molar-refractivity contribution in [3.05, 3.63) is 35.9 Å². The fourth-order valence-corrected chi connectivity index (χ4v) is 2.02. The van der Waals surface area contributed by atoms with E-state index in [9.17, 15) is 0 Å². The van der Waals surface area contributed by atoms with Crippen LogP contribution in [0.15, 0.2) is 30.3 Å². The monoisotopic (exact) mass is 264 g/mol. The van der Waals surface area contributed by atoms with Crippen LogP contribution in [0.1, 0.15) is 25.3 Å². The first-order valence-corrected chi connectivity index (χ1v) is 7.17. The number of nitrogens with zero attached hydrogens (tertiary/aromatic N) is 1. The molecule has 0 bridgehead atoms. The highest BCUT2D eigenvalue weighted by Crippen LogP contribution is 2.20. The predicted octanol–water partition coefficient (Wildman–Crippen LogP) is 2.35. The Hall–Kier alpha value is -0.900. The van der Waals surface area contributed by atoms with E-state index in [-0.39, 0.29) is 6.10 Å². The molecule has 1 rings (SSSR count). The van der Waals surface area contributed by atoms with Crippen LogP contribution in [0.5, 0.6) is 0 Å². The number of ether oxygens (including phenoxy) is 1. The molecule has 19 heavy (non-hydrogen) atoms. The van der Waals surface area contributed by atoms with Crippen LogP contribution >= 0.6 is 0 Å². The topological polar surface area (TPSA) is 24.5 Å². The molecule has 3 heteroatoms. The van der Waals surface area contributed by atoms with Gasteiger partial charge in [-0.2, -0.15) is 0 Å². The van der Waals surface area contributed by atoms with Gasteiger partial charge in [0.2, 0.25) is 0 Å². The first-order valence-electron chi connectivity index (χ1n) is 7.17. The second-order valence-corrected chi connectivity index (χ2v) is 5.22. The highest BCUT2D eigenvalue weighted by molar-refractivity contribution is 5.20. The van der Waals surface area contributed by atoms with Crippen LogP contribution in [0.3, 0.4) is 0 Å². The zero-order chi connectivity index (χ0) is 14.1. The molecule has 2 unspecified atom stereocenters. The lowest BCUT2D eigenvalue weighted by Crippen LogP contribution is -2.35. The second kappa shape index (κ2) is 9.08. The molecule has 0 spiro atoms. The van der Waals surface area contributed by atoms with E-state index in [2.05, 4.69) is 68.5 Å². The van der Waals surface area contributed by atoms with Gasteiger partial charge < -0.3 is 15.0 Å². The van der Waals surface area contributed by atoms with Crippen molar-refractivity contribution in [3.63, 3.8) is 0 Å². The Morgan fingerprint density at radius 2 is 1.89 bits per heavy atom. The summed E-state index contributed by atoms with van der Waals surface area (Å²) >= 11 is 0. The molecule has 0 amide bonds. The third-order valence-corrected chi connectivity index (χ3v) is 3.35. The van der Waals surface area contributed by atoms with Crippen LogP contribution in [-0.2, 0) is 4.74 Å². The number of likely N-dealkylation sites (N-methyl/N-ethyl adjacent to an activating group) is 2. The largest absolute Gasteiger partial charge is 0.375 e. The average molecular weight is 264 g/mol. The summed E-state index contributed by atoms with van der Waals surface area (Å²) in [5.41, 5.74) is 1.34. The number of nitrogens with one attached hydrogen (secondary N) is 1. The lowest BCUT2D eigenvalue weighted by molar-refractivity contribution is 0.0305. The molecule has 0 aliphatic rings. The Bertz CT molecular complexity index is 327. The van der Waals surface area contributed by atoms with Crippen molar-refractivity contribution >= 4 is 0 Å². The lowest BCUT2D eigenvalue weighted by atomic mass is 9.95. The Morgan fingerprint density at radius 3 is 2.47 bits per heavy atom. The van der Waals surface area contributed by atoms with E-state index in [0.717, 1.165) is 26.2 Å². The van der Waals surface area contributed by atoms with Crippen molar-refractivity contribution < 1.29 is 4.74 Å². The van der Waals surface area contributed by atoms with Crippen LogP contribution in [0.4, 0.5) is 0 Å². The summed E-state index contributed by atoms with van der Waals surface area (Å²) in [6.07, 6.45) is 0.224. The molecule has 2 atom stereocenters. The Balaban J connectivity index is 2.56. The van der Waals surface area contributed by atoms with Gasteiger partial charge in [0.05, 0.1) is 12.7 Å². The SMILES string of the molecule is CCNCC(OCCN(C)C)C(C)c1ccccc1. The molecular weight excluding hydrogens is 236 g/mol. The van der Waals surface area contributed by atoms with E-state index in [1.807, 2.05) is 0 Å². The molecule has 0 fully saturated rings. The Kier molecular flexibility index (Phi) is 7.72. The molecule has 1 aromatic carbocycles. The quantitative estimate of drug-likeness (QED) is 0.741. The summed E-state index contributed by atoms with van der Waals surface area (Å²) in [5.74, 6) is 0.405. The van der Waals surface area contributed by atoms with E-state index >= 15 is 0 Å². The Morgan fingerprint density at radius 1 is 1.21 bits per heavy atom. The van der Waals surface area contributed by atoms with Crippen LogP contribution in [0, 0.1) is 0 Å². The first-order chi connectivity index (χ1) is 9.15. The predicted molar refractivity (Wildman–Crippen MR) is 81.7 cm³/mol. The van der Waals surface area contributed by atoms with Crippen LogP contribution in [0.25, 0.3) is 0 Å². The van der Waals surface area contributed by atoms with Gasteiger partial charge in [-0.1, -0.05) is 44.2 Å². The van der Waals surface area contributed by atoms with Gasteiger partial charge in [-0.05, 0) is 26.2 Å². The summed E-state index contributed by atoms with van der Waals surface area (Å²) < 4.78 is 6.07. The molecule has 0 aliphatic heterocycles. The normalized spacial score (nSPS) is 14.6. The molecule has 0 saturated heterocycles. The van der Waals surface area contributed by atoms with E-state index in [0.29, 0.717) is 5.92 Å². The van der Waals surface area contributed by atoms with E-state index in [4.69, 9.17) is 4.74 Å². The molecule has 1 aromatic rings. The molecule has 0 saturated carbocycles. The molecule has 108 valence electrons. The average Bonchev–Trinajstić information content (AvgIpc) is 2.42. The number of benzene rings is 1. The van der Waals surface area contributed by atoms with Gasteiger partial charge in [-0.15, -0.1) is 0 Å². The molecule has 0 aromatic heterocycles.